The molecule has 0 spiro atoms. The summed E-state index contributed by atoms with van der Waals surface area (Å²) in [5, 5.41) is 2.73. The number of pyridine rings is 1. The summed E-state index contributed by atoms with van der Waals surface area (Å²) in [6, 6.07) is 4.22. The fourth-order valence-electron chi connectivity index (χ4n) is 2.47. The predicted molar refractivity (Wildman–Crippen MR) is 68.9 cm³/mol. The van der Waals surface area contributed by atoms with E-state index in [1.165, 1.54) is 0 Å². The van der Waals surface area contributed by atoms with Crippen molar-refractivity contribution in [2.75, 3.05) is 6.54 Å². The van der Waals surface area contributed by atoms with E-state index in [0.29, 0.717) is 25.6 Å². The van der Waals surface area contributed by atoms with Gasteiger partial charge in [-0.05, 0) is 30.5 Å². The lowest BCUT2D eigenvalue weighted by atomic mass is 10.1. The van der Waals surface area contributed by atoms with Crippen LogP contribution in [0.4, 0.5) is 0 Å². The standard InChI is InChI=1S/C14H17N3O2/c18-13-7-11(8-16-13)14(19)17(12-1-2-12)9-10-3-5-15-6-4-10/h3-6,11-12H,1-2,7-9H2,(H,16,18). The highest BCUT2D eigenvalue weighted by atomic mass is 16.2. The van der Waals surface area contributed by atoms with Crippen molar-refractivity contribution in [2.24, 2.45) is 5.92 Å². The molecule has 0 radical (unpaired) electrons. The molecule has 19 heavy (non-hydrogen) atoms. The van der Waals surface area contributed by atoms with Crippen molar-refractivity contribution in [2.45, 2.75) is 31.8 Å². The third kappa shape index (κ3) is 2.75. The van der Waals surface area contributed by atoms with Crippen LogP contribution < -0.4 is 5.32 Å². The molecule has 1 atom stereocenters. The first-order valence-electron chi connectivity index (χ1n) is 6.70. The molecule has 2 fully saturated rings. The van der Waals surface area contributed by atoms with E-state index in [9.17, 15) is 9.59 Å². The Morgan fingerprint density at radius 3 is 2.68 bits per heavy atom. The zero-order valence-electron chi connectivity index (χ0n) is 10.7. The van der Waals surface area contributed by atoms with E-state index in [-0.39, 0.29) is 17.7 Å². The average molecular weight is 259 g/mol. The Morgan fingerprint density at radius 1 is 1.37 bits per heavy atom. The van der Waals surface area contributed by atoms with Gasteiger partial charge in [0.25, 0.3) is 0 Å². The molecule has 2 amide bonds. The van der Waals surface area contributed by atoms with Crippen LogP contribution in [0.2, 0.25) is 0 Å². The minimum atomic E-state index is -0.185. The van der Waals surface area contributed by atoms with Crippen LogP contribution in [0.1, 0.15) is 24.8 Å². The van der Waals surface area contributed by atoms with Gasteiger partial charge in [-0.15, -0.1) is 0 Å². The van der Waals surface area contributed by atoms with E-state index in [2.05, 4.69) is 10.3 Å². The van der Waals surface area contributed by atoms with Gasteiger partial charge in [0.2, 0.25) is 11.8 Å². The maximum Gasteiger partial charge on any atom is 0.228 e. The number of carbonyl (C=O) groups is 2. The molecule has 1 aromatic rings. The smallest absolute Gasteiger partial charge is 0.228 e. The van der Waals surface area contributed by atoms with Crippen LogP contribution >= 0.6 is 0 Å². The van der Waals surface area contributed by atoms with Gasteiger partial charge in [-0.1, -0.05) is 0 Å². The van der Waals surface area contributed by atoms with E-state index in [4.69, 9.17) is 0 Å². The van der Waals surface area contributed by atoms with Crippen LogP contribution in [0.25, 0.3) is 0 Å². The highest BCUT2D eigenvalue weighted by Crippen LogP contribution is 2.30. The Labute approximate surface area is 112 Å². The summed E-state index contributed by atoms with van der Waals surface area (Å²) in [6.07, 6.45) is 5.96. The molecule has 0 aromatic carbocycles. The van der Waals surface area contributed by atoms with Gasteiger partial charge in [0.05, 0.1) is 5.92 Å². The lowest BCUT2D eigenvalue weighted by molar-refractivity contribution is -0.137. The van der Waals surface area contributed by atoms with Crippen LogP contribution in [-0.4, -0.2) is 34.3 Å². The van der Waals surface area contributed by atoms with E-state index >= 15 is 0 Å². The Kier molecular flexibility index (Phi) is 3.19. The number of nitrogens with zero attached hydrogens (tertiary/aromatic N) is 2. The molecule has 1 aliphatic heterocycles. The first kappa shape index (κ1) is 12.1. The molecule has 2 heterocycles. The summed E-state index contributed by atoms with van der Waals surface area (Å²) in [5.41, 5.74) is 1.09. The Hall–Kier alpha value is -1.91. The van der Waals surface area contributed by atoms with Crippen molar-refractivity contribution in [3.05, 3.63) is 30.1 Å². The molecule has 0 bridgehead atoms. The first-order valence-corrected chi connectivity index (χ1v) is 6.70. The van der Waals surface area contributed by atoms with Gasteiger partial charge in [0.1, 0.15) is 0 Å². The minimum Gasteiger partial charge on any atom is -0.355 e. The van der Waals surface area contributed by atoms with E-state index in [1.807, 2.05) is 17.0 Å². The normalized spacial score (nSPS) is 22.1. The van der Waals surface area contributed by atoms with Crippen LogP contribution in [0, 0.1) is 5.92 Å². The maximum atomic E-state index is 12.5. The maximum absolute atomic E-state index is 12.5. The van der Waals surface area contributed by atoms with Gasteiger partial charge in [0, 0.05) is 37.9 Å². The highest BCUT2D eigenvalue weighted by Gasteiger charge is 2.38. The van der Waals surface area contributed by atoms with Crippen LogP contribution in [0.3, 0.4) is 0 Å². The number of amides is 2. The number of nitrogens with one attached hydrogen (secondary N) is 1. The monoisotopic (exact) mass is 259 g/mol. The van der Waals surface area contributed by atoms with E-state index in [0.717, 1.165) is 18.4 Å². The minimum absolute atomic E-state index is 0.0157. The summed E-state index contributed by atoms with van der Waals surface area (Å²) in [5.74, 6) is -0.0920. The van der Waals surface area contributed by atoms with Crippen LogP contribution in [-0.2, 0) is 16.1 Å². The van der Waals surface area contributed by atoms with Gasteiger partial charge < -0.3 is 10.2 Å². The van der Waals surface area contributed by atoms with Gasteiger partial charge in [-0.25, -0.2) is 0 Å². The molecule has 3 rings (SSSR count). The second-order valence-corrected chi connectivity index (χ2v) is 5.26. The zero-order valence-corrected chi connectivity index (χ0v) is 10.7. The summed E-state index contributed by atoms with van der Waals surface area (Å²) in [4.78, 5) is 29.6. The van der Waals surface area contributed by atoms with Crippen LogP contribution in [0.5, 0.6) is 0 Å². The van der Waals surface area contributed by atoms with Crippen molar-refractivity contribution < 1.29 is 9.59 Å². The molecular weight excluding hydrogens is 242 g/mol. The molecule has 1 saturated heterocycles. The Morgan fingerprint density at radius 2 is 2.11 bits per heavy atom. The number of hydrogen-bond acceptors (Lipinski definition) is 3. The summed E-state index contributed by atoms with van der Waals surface area (Å²) < 4.78 is 0. The molecular formula is C14H17N3O2. The zero-order chi connectivity index (χ0) is 13.2. The molecule has 5 heteroatoms. The van der Waals surface area contributed by atoms with Crippen molar-refractivity contribution in [1.82, 2.24) is 15.2 Å². The topological polar surface area (TPSA) is 62.3 Å². The molecule has 1 aliphatic carbocycles. The quantitative estimate of drug-likeness (QED) is 0.866. The summed E-state index contributed by atoms with van der Waals surface area (Å²) in [6.45, 7) is 1.11. The molecule has 1 saturated carbocycles. The molecule has 2 aliphatic rings. The van der Waals surface area contributed by atoms with E-state index < -0.39 is 0 Å². The Balaban J connectivity index is 1.70. The third-order valence-corrected chi connectivity index (χ3v) is 3.70. The van der Waals surface area contributed by atoms with Gasteiger partial charge in [-0.2, -0.15) is 0 Å². The molecule has 100 valence electrons. The largest absolute Gasteiger partial charge is 0.355 e. The van der Waals surface area contributed by atoms with Gasteiger partial charge in [0.15, 0.2) is 0 Å². The fraction of sp³-hybridized carbons (Fsp3) is 0.500. The Bertz CT molecular complexity index is 485. The SMILES string of the molecule is O=C1CC(C(=O)N(Cc2ccncc2)C2CC2)CN1. The molecule has 1 unspecified atom stereocenters. The summed E-state index contributed by atoms with van der Waals surface area (Å²) >= 11 is 0. The summed E-state index contributed by atoms with van der Waals surface area (Å²) in [7, 11) is 0. The molecule has 5 nitrogen and oxygen atoms in total. The number of rotatable bonds is 4. The first-order chi connectivity index (χ1) is 9.24. The van der Waals surface area contributed by atoms with Gasteiger partial charge in [-0.3, -0.25) is 14.6 Å². The lowest BCUT2D eigenvalue weighted by Crippen LogP contribution is -2.38. The van der Waals surface area contributed by atoms with Gasteiger partial charge >= 0.3 is 0 Å². The van der Waals surface area contributed by atoms with Crippen molar-refractivity contribution >= 4 is 11.8 Å². The van der Waals surface area contributed by atoms with Crippen molar-refractivity contribution in [3.8, 4) is 0 Å². The predicted octanol–water partition coefficient (Wildman–Crippen LogP) is 0.709. The molecule has 1 N–H and O–H groups in total. The second-order valence-electron chi connectivity index (χ2n) is 5.26. The fourth-order valence-corrected chi connectivity index (χ4v) is 2.47. The highest BCUT2D eigenvalue weighted by molar-refractivity contribution is 5.89. The molecule has 1 aromatic heterocycles. The number of carbonyl (C=O) groups excluding carboxylic acids is 2. The van der Waals surface area contributed by atoms with E-state index in [1.54, 1.807) is 12.4 Å². The number of hydrogen-bond donors (Lipinski definition) is 1. The lowest BCUT2D eigenvalue weighted by Gasteiger charge is -2.25. The third-order valence-electron chi connectivity index (χ3n) is 3.70. The average Bonchev–Trinajstić information content (AvgIpc) is 3.18. The number of aromatic nitrogens is 1. The second kappa shape index (κ2) is 4.99. The van der Waals surface area contributed by atoms with Crippen molar-refractivity contribution in [1.29, 1.82) is 0 Å². The van der Waals surface area contributed by atoms with Crippen molar-refractivity contribution in [3.63, 3.8) is 0 Å². The van der Waals surface area contributed by atoms with Crippen LogP contribution in [0.15, 0.2) is 24.5 Å².